The highest BCUT2D eigenvalue weighted by Crippen LogP contribution is 2.15. The second-order valence-corrected chi connectivity index (χ2v) is 8.45. The van der Waals surface area contributed by atoms with Crippen LogP contribution in [0.1, 0.15) is 51.0 Å². The number of sulfonamides is 1. The van der Waals surface area contributed by atoms with Crippen LogP contribution in [0.3, 0.4) is 0 Å². The number of hydrogen-bond donors (Lipinski definition) is 3. The molecule has 0 saturated heterocycles. The van der Waals surface area contributed by atoms with Gasteiger partial charge in [0.2, 0.25) is 10.0 Å². The third-order valence-corrected chi connectivity index (χ3v) is 5.59. The largest absolute Gasteiger partial charge is 0.494 e. The van der Waals surface area contributed by atoms with Gasteiger partial charge in [-0.05, 0) is 49.9 Å². The molecule has 0 aromatic heterocycles. The summed E-state index contributed by atoms with van der Waals surface area (Å²) in [6.45, 7) is 3.22. The third-order valence-electron chi connectivity index (χ3n) is 4.12. The smallest absolute Gasteiger partial charge is 0.322 e. The molecule has 0 amide bonds. The van der Waals surface area contributed by atoms with Gasteiger partial charge in [0, 0.05) is 0 Å². The van der Waals surface area contributed by atoms with Gasteiger partial charge in [-0.25, -0.2) is 13.1 Å². The molecule has 28 heavy (non-hydrogen) atoms. The molecule has 0 bridgehead atoms. The number of aliphatic carboxylic acids is 1. The van der Waals surface area contributed by atoms with E-state index in [9.17, 15) is 18.3 Å². The van der Waals surface area contributed by atoms with E-state index in [0.717, 1.165) is 37.7 Å². The monoisotopic (exact) mass is 436 g/mol. The van der Waals surface area contributed by atoms with Crippen molar-refractivity contribution in [2.45, 2.75) is 57.9 Å². The van der Waals surface area contributed by atoms with Gasteiger partial charge < -0.3 is 15.6 Å². The van der Waals surface area contributed by atoms with Crippen molar-refractivity contribution in [3.05, 3.63) is 29.8 Å². The molecule has 9 heteroatoms. The van der Waals surface area contributed by atoms with E-state index in [4.69, 9.17) is 10.5 Å². The summed E-state index contributed by atoms with van der Waals surface area (Å²) in [5.74, 6) is -0.536. The molecule has 1 aromatic rings. The number of carbonyl (C=O) groups is 1. The fraction of sp³-hybridized carbons (Fsp3) is 0.632. The molecule has 1 atom stereocenters. The summed E-state index contributed by atoms with van der Waals surface area (Å²) in [6.07, 6.45) is 5.48. The summed E-state index contributed by atoms with van der Waals surface area (Å²) in [5, 5.41) is 9.32. The van der Waals surface area contributed by atoms with Gasteiger partial charge in [-0.1, -0.05) is 38.3 Å². The van der Waals surface area contributed by atoms with E-state index < -0.39 is 22.0 Å². The molecule has 1 aromatic carbocycles. The van der Waals surface area contributed by atoms with Crippen LogP contribution in [0.2, 0.25) is 0 Å². The second-order valence-electron chi connectivity index (χ2n) is 6.58. The minimum Gasteiger partial charge on any atom is -0.494 e. The average molecular weight is 437 g/mol. The summed E-state index contributed by atoms with van der Waals surface area (Å²) in [5.41, 5.74) is 6.18. The summed E-state index contributed by atoms with van der Waals surface area (Å²) in [6, 6.07) is 5.90. The minimum absolute atomic E-state index is 0. The maximum absolute atomic E-state index is 12.0. The van der Waals surface area contributed by atoms with Crippen molar-refractivity contribution < 1.29 is 23.1 Å². The Kier molecular flexibility index (Phi) is 13.9. The van der Waals surface area contributed by atoms with Crippen LogP contribution in [0, 0.1) is 0 Å². The Labute approximate surface area is 174 Å². The van der Waals surface area contributed by atoms with Crippen LogP contribution in [0.25, 0.3) is 0 Å². The van der Waals surface area contributed by atoms with Crippen LogP contribution in [0.4, 0.5) is 0 Å². The van der Waals surface area contributed by atoms with Crippen molar-refractivity contribution in [1.82, 2.24) is 4.72 Å². The molecule has 4 N–H and O–H groups in total. The quantitative estimate of drug-likeness (QED) is 0.364. The Hall–Kier alpha value is -1.35. The van der Waals surface area contributed by atoms with Crippen molar-refractivity contribution in [2.24, 2.45) is 5.73 Å². The van der Waals surface area contributed by atoms with E-state index in [1.807, 2.05) is 6.92 Å². The van der Waals surface area contributed by atoms with E-state index in [0.29, 0.717) is 25.3 Å². The fourth-order valence-corrected chi connectivity index (χ4v) is 3.94. The van der Waals surface area contributed by atoms with Crippen LogP contribution >= 0.6 is 12.4 Å². The van der Waals surface area contributed by atoms with Crippen LogP contribution in [0.15, 0.2) is 24.3 Å². The first-order valence-electron chi connectivity index (χ1n) is 9.52. The number of hydrogen-bond acceptors (Lipinski definition) is 5. The zero-order chi connectivity index (χ0) is 20.1. The van der Waals surface area contributed by atoms with Gasteiger partial charge in [0.1, 0.15) is 11.8 Å². The zero-order valence-corrected chi connectivity index (χ0v) is 18.1. The first kappa shape index (κ1) is 26.6. The molecule has 0 aliphatic heterocycles. The van der Waals surface area contributed by atoms with E-state index in [1.54, 1.807) is 24.3 Å². The number of unbranched alkanes of at least 4 members (excludes halogenated alkanes) is 4. The van der Waals surface area contributed by atoms with Gasteiger partial charge in [0.25, 0.3) is 0 Å². The first-order valence-corrected chi connectivity index (χ1v) is 11.2. The Morgan fingerprint density at radius 1 is 1.14 bits per heavy atom. The summed E-state index contributed by atoms with van der Waals surface area (Å²) >= 11 is 0. The summed E-state index contributed by atoms with van der Waals surface area (Å²) in [7, 11) is -3.60. The standard InChI is InChI=1S/C19H32N2O5S.ClH/c1-2-3-14-27(24,25)21-18(19(22)23)15-16-8-10-17(11-9-16)26-13-7-5-4-6-12-20;/h8-11,18,21H,2-7,12-15,20H2,1H3,(H,22,23);1H. The maximum atomic E-state index is 12.0. The normalized spacial score (nSPS) is 12.2. The number of ether oxygens (including phenoxy) is 1. The molecule has 0 aliphatic rings. The predicted molar refractivity (Wildman–Crippen MR) is 114 cm³/mol. The van der Waals surface area contributed by atoms with Gasteiger partial charge >= 0.3 is 5.97 Å². The summed E-state index contributed by atoms with van der Waals surface area (Å²) in [4.78, 5) is 11.4. The first-order chi connectivity index (χ1) is 12.9. The SMILES string of the molecule is CCCCS(=O)(=O)NC(Cc1ccc(OCCCCCCN)cc1)C(=O)O.Cl. The highest BCUT2D eigenvalue weighted by molar-refractivity contribution is 7.89. The lowest BCUT2D eigenvalue weighted by Crippen LogP contribution is -2.43. The Morgan fingerprint density at radius 2 is 1.79 bits per heavy atom. The Balaban J connectivity index is 0.00000729. The van der Waals surface area contributed by atoms with Crippen LogP contribution in [0.5, 0.6) is 5.75 Å². The fourth-order valence-electron chi connectivity index (χ4n) is 2.54. The molecule has 0 aliphatic carbocycles. The van der Waals surface area contributed by atoms with Crippen LogP contribution < -0.4 is 15.2 Å². The van der Waals surface area contributed by atoms with Crippen molar-refractivity contribution in [3.8, 4) is 5.75 Å². The van der Waals surface area contributed by atoms with Crippen molar-refractivity contribution in [2.75, 3.05) is 18.9 Å². The lowest BCUT2D eigenvalue weighted by atomic mass is 10.1. The number of carboxylic acid groups (broad SMARTS) is 1. The van der Waals surface area contributed by atoms with Gasteiger partial charge in [-0.15, -0.1) is 12.4 Å². The second kappa shape index (κ2) is 14.6. The lowest BCUT2D eigenvalue weighted by molar-refractivity contribution is -0.138. The number of nitrogens with one attached hydrogen (secondary N) is 1. The van der Waals surface area contributed by atoms with Gasteiger partial charge in [-0.2, -0.15) is 0 Å². The summed E-state index contributed by atoms with van der Waals surface area (Å²) < 4.78 is 31.9. The Morgan fingerprint density at radius 3 is 2.36 bits per heavy atom. The highest BCUT2D eigenvalue weighted by Gasteiger charge is 2.24. The van der Waals surface area contributed by atoms with E-state index in [1.165, 1.54) is 0 Å². The topological polar surface area (TPSA) is 119 Å². The molecule has 7 nitrogen and oxygen atoms in total. The molecular formula is C19H33ClN2O5S. The van der Waals surface area contributed by atoms with Gasteiger partial charge in [-0.3, -0.25) is 4.79 Å². The molecule has 1 rings (SSSR count). The van der Waals surface area contributed by atoms with Gasteiger partial charge in [0.15, 0.2) is 0 Å². The molecule has 0 radical (unpaired) electrons. The molecule has 1 unspecified atom stereocenters. The highest BCUT2D eigenvalue weighted by atomic mass is 35.5. The average Bonchev–Trinajstić information content (AvgIpc) is 2.63. The van der Waals surface area contributed by atoms with E-state index in [-0.39, 0.29) is 24.6 Å². The lowest BCUT2D eigenvalue weighted by Gasteiger charge is -2.15. The minimum atomic E-state index is -3.60. The number of carboxylic acids is 1. The molecule has 162 valence electrons. The van der Waals surface area contributed by atoms with Crippen LogP contribution in [-0.2, 0) is 21.2 Å². The Bertz CT molecular complexity index is 653. The zero-order valence-electron chi connectivity index (χ0n) is 16.4. The molecule has 0 saturated carbocycles. The number of benzene rings is 1. The van der Waals surface area contributed by atoms with Crippen molar-refractivity contribution in [1.29, 1.82) is 0 Å². The molecule has 0 spiro atoms. The predicted octanol–water partition coefficient (Wildman–Crippen LogP) is 2.72. The number of halogens is 1. The van der Waals surface area contributed by atoms with Crippen molar-refractivity contribution >= 4 is 28.4 Å². The molecule has 0 heterocycles. The van der Waals surface area contributed by atoms with Crippen molar-refractivity contribution in [3.63, 3.8) is 0 Å². The van der Waals surface area contributed by atoms with Crippen LogP contribution in [-0.4, -0.2) is 44.4 Å². The van der Waals surface area contributed by atoms with E-state index in [2.05, 4.69) is 4.72 Å². The number of rotatable bonds is 15. The molecular weight excluding hydrogens is 404 g/mol. The number of nitrogens with two attached hydrogens (primary N) is 1. The van der Waals surface area contributed by atoms with Gasteiger partial charge in [0.05, 0.1) is 12.4 Å². The molecule has 0 fully saturated rings. The third kappa shape index (κ3) is 11.5. The maximum Gasteiger partial charge on any atom is 0.322 e. The van der Waals surface area contributed by atoms with E-state index >= 15 is 0 Å².